The molecule has 0 bridgehead atoms. The molecule has 1 saturated heterocycles. The molecular formula is C18H25N3O2. The molecule has 1 fully saturated rings. The molecule has 1 aliphatic heterocycles. The summed E-state index contributed by atoms with van der Waals surface area (Å²) in [4.78, 5) is 0. The second-order valence-electron chi connectivity index (χ2n) is 5.86. The van der Waals surface area contributed by atoms with Crippen LogP contribution in [0.2, 0.25) is 0 Å². The lowest BCUT2D eigenvalue weighted by Crippen LogP contribution is -2.19. The van der Waals surface area contributed by atoms with Crippen molar-refractivity contribution in [2.75, 3.05) is 26.4 Å². The number of ether oxygens (including phenoxy) is 2. The van der Waals surface area contributed by atoms with Crippen molar-refractivity contribution < 1.29 is 9.47 Å². The van der Waals surface area contributed by atoms with Gasteiger partial charge in [-0.3, -0.25) is 0 Å². The highest BCUT2D eigenvalue weighted by Crippen LogP contribution is 2.12. The molecule has 5 heteroatoms. The second kappa shape index (κ2) is 8.82. The zero-order valence-corrected chi connectivity index (χ0v) is 13.5. The number of hydrogen-bond acceptors (Lipinski definition) is 4. The van der Waals surface area contributed by atoms with Crippen LogP contribution in [0.4, 0.5) is 0 Å². The minimum atomic E-state index is 0.330. The van der Waals surface area contributed by atoms with Crippen LogP contribution in [0.25, 0.3) is 5.69 Å². The molecule has 1 aliphatic rings. The van der Waals surface area contributed by atoms with Crippen molar-refractivity contribution in [1.29, 1.82) is 0 Å². The van der Waals surface area contributed by atoms with E-state index in [9.17, 15) is 0 Å². The molecule has 124 valence electrons. The van der Waals surface area contributed by atoms with Crippen molar-refractivity contribution in [3.05, 3.63) is 48.3 Å². The van der Waals surface area contributed by atoms with E-state index in [1.165, 1.54) is 12.0 Å². The number of nitrogens with one attached hydrogen (secondary N) is 1. The minimum Gasteiger partial charge on any atom is -0.379 e. The van der Waals surface area contributed by atoms with Gasteiger partial charge in [-0.2, -0.15) is 5.10 Å². The molecule has 0 aliphatic carbocycles. The van der Waals surface area contributed by atoms with Crippen LogP contribution < -0.4 is 5.32 Å². The molecule has 0 radical (unpaired) electrons. The molecule has 0 amide bonds. The number of aromatic nitrogens is 2. The standard InChI is InChI=1S/C18H25N3O2/c1-4-18(23-13-1)15-22-12-3-9-19-14-16-5-7-17(8-6-16)21-11-2-10-20-21/h2,5-8,10-11,18-19H,1,3-4,9,12-15H2. The maximum Gasteiger partial charge on any atom is 0.0809 e. The van der Waals surface area contributed by atoms with Crippen LogP contribution in [0.5, 0.6) is 0 Å². The maximum atomic E-state index is 5.65. The Morgan fingerprint density at radius 1 is 1.30 bits per heavy atom. The zero-order chi connectivity index (χ0) is 15.7. The van der Waals surface area contributed by atoms with Gasteiger partial charge in [-0.15, -0.1) is 0 Å². The topological polar surface area (TPSA) is 48.3 Å². The fourth-order valence-electron chi connectivity index (χ4n) is 2.71. The normalized spacial score (nSPS) is 17.7. The monoisotopic (exact) mass is 315 g/mol. The second-order valence-corrected chi connectivity index (χ2v) is 5.86. The Bertz CT molecular complexity index is 548. The molecule has 3 rings (SSSR count). The van der Waals surface area contributed by atoms with Crippen molar-refractivity contribution in [2.45, 2.75) is 31.9 Å². The highest BCUT2D eigenvalue weighted by atomic mass is 16.5. The van der Waals surface area contributed by atoms with E-state index in [2.05, 4.69) is 34.7 Å². The van der Waals surface area contributed by atoms with Gasteiger partial charge in [0.15, 0.2) is 0 Å². The van der Waals surface area contributed by atoms with Crippen LogP contribution in [0.15, 0.2) is 42.7 Å². The highest BCUT2D eigenvalue weighted by molar-refractivity contribution is 5.33. The van der Waals surface area contributed by atoms with Gasteiger partial charge in [-0.05, 0) is 49.6 Å². The Morgan fingerprint density at radius 2 is 2.22 bits per heavy atom. The first-order valence-corrected chi connectivity index (χ1v) is 8.41. The predicted molar refractivity (Wildman–Crippen MR) is 89.7 cm³/mol. The van der Waals surface area contributed by atoms with Crippen LogP contribution in [-0.4, -0.2) is 42.2 Å². The van der Waals surface area contributed by atoms with E-state index in [4.69, 9.17) is 9.47 Å². The minimum absolute atomic E-state index is 0.330. The van der Waals surface area contributed by atoms with E-state index < -0.39 is 0 Å². The molecule has 1 atom stereocenters. The van der Waals surface area contributed by atoms with E-state index in [0.717, 1.165) is 51.4 Å². The first-order chi connectivity index (χ1) is 11.4. The van der Waals surface area contributed by atoms with Crippen molar-refractivity contribution in [2.24, 2.45) is 0 Å². The summed E-state index contributed by atoms with van der Waals surface area (Å²) in [5.41, 5.74) is 2.36. The van der Waals surface area contributed by atoms with Gasteiger partial charge in [0.25, 0.3) is 0 Å². The Morgan fingerprint density at radius 3 is 2.96 bits per heavy atom. The van der Waals surface area contributed by atoms with Gasteiger partial charge in [0.2, 0.25) is 0 Å². The van der Waals surface area contributed by atoms with Gasteiger partial charge in [-0.25, -0.2) is 4.68 Å². The van der Waals surface area contributed by atoms with Crippen LogP contribution in [-0.2, 0) is 16.0 Å². The molecule has 0 spiro atoms. The van der Waals surface area contributed by atoms with Crippen molar-refractivity contribution in [3.8, 4) is 5.69 Å². The molecule has 2 aromatic rings. The Balaban J connectivity index is 1.27. The Hall–Kier alpha value is -1.69. The summed E-state index contributed by atoms with van der Waals surface area (Å²) < 4.78 is 13.0. The van der Waals surface area contributed by atoms with Gasteiger partial charge in [0, 0.05) is 32.2 Å². The average molecular weight is 315 g/mol. The molecule has 1 aromatic heterocycles. The Kier molecular flexibility index (Phi) is 6.20. The highest BCUT2D eigenvalue weighted by Gasteiger charge is 2.14. The van der Waals surface area contributed by atoms with Crippen LogP contribution >= 0.6 is 0 Å². The lowest BCUT2D eigenvalue weighted by Gasteiger charge is -2.10. The van der Waals surface area contributed by atoms with E-state index in [-0.39, 0.29) is 0 Å². The van der Waals surface area contributed by atoms with Gasteiger partial charge >= 0.3 is 0 Å². The summed E-state index contributed by atoms with van der Waals surface area (Å²) in [7, 11) is 0. The molecule has 1 unspecified atom stereocenters. The fraction of sp³-hybridized carbons (Fsp3) is 0.500. The molecule has 0 saturated carbocycles. The number of hydrogen-bond donors (Lipinski definition) is 1. The van der Waals surface area contributed by atoms with Crippen LogP contribution in [0.3, 0.4) is 0 Å². The molecule has 1 aromatic carbocycles. The first kappa shape index (κ1) is 16.2. The first-order valence-electron chi connectivity index (χ1n) is 8.41. The molecular weight excluding hydrogens is 290 g/mol. The summed E-state index contributed by atoms with van der Waals surface area (Å²) in [5.74, 6) is 0. The van der Waals surface area contributed by atoms with Gasteiger partial charge in [-0.1, -0.05) is 12.1 Å². The third-order valence-electron chi connectivity index (χ3n) is 4.00. The van der Waals surface area contributed by atoms with Crippen LogP contribution in [0.1, 0.15) is 24.8 Å². The molecule has 23 heavy (non-hydrogen) atoms. The van der Waals surface area contributed by atoms with Crippen molar-refractivity contribution >= 4 is 0 Å². The number of rotatable bonds is 9. The quantitative estimate of drug-likeness (QED) is 0.723. The van der Waals surface area contributed by atoms with Crippen molar-refractivity contribution in [1.82, 2.24) is 15.1 Å². The van der Waals surface area contributed by atoms with Crippen LogP contribution in [0, 0.1) is 0 Å². The molecule has 5 nitrogen and oxygen atoms in total. The smallest absolute Gasteiger partial charge is 0.0809 e. The summed E-state index contributed by atoms with van der Waals surface area (Å²) >= 11 is 0. The predicted octanol–water partition coefficient (Wildman–Crippen LogP) is 2.55. The fourth-order valence-corrected chi connectivity index (χ4v) is 2.71. The number of nitrogens with zero attached hydrogens (tertiary/aromatic N) is 2. The lowest BCUT2D eigenvalue weighted by molar-refractivity contribution is 0.0166. The Labute approximate surface area is 137 Å². The number of benzene rings is 1. The van der Waals surface area contributed by atoms with Crippen molar-refractivity contribution in [3.63, 3.8) is 0 Å². The summed E-state index contributed by atoms with van der Waals surface area (Å²) in [6, 6.07) is 10.4. The summed E-state index contributed by atoms with van der Waals surface area (Å²) in [5, 5.41) is 7.68. The van der Waals surface area contributed by atoms with E-state index in [1.807, 2.05) is 16.9 Å². The maximum absolute atomic E-state index is 5.65. The zero-order valence-electron chi connectivity index (χ0n) is 13.5. The van der Waals surface area contributed by atoms with Gasteiger partial charge < -0.3 is 14.8 Å². The van der Waals surface area contributed by atoms with Gasteiger partial charge in [0.05, 0.1) is 18.4 Å². The lowest BCUT2D eigenvalue weighted by atomic mass is 10.2. The summed E-state index contributed by atoms with van der Waals surface area (Å²) in [6.45, 7) is 4.28. The summed E-state index contributed by atoms with van der Waals surface area (Å²) in [6.07, 6.45) is 7.41. The third-order valence-corrected chi connectivity index (χ3v) is 4.00. The SMILES string of the molecule is c1cnn(-c2ccc(CNCCCOCC3CCCO3)cc2)c1. The van der Waals surface area contributed by atoms with E-state index in [0.29, 0.717) is 6.10 Å². The largest absolute Gasteiger partial charge is 0.379 e. The van der Waals surface area contributed by atoms with E-state index in [1.54, 1.807) is 6.20 Å². The van der Waals surface area contributed by atoms with Gasteiger partial charge in [0.1, 0.15) is 0 Å². The molecule has 2 heterocycles. The van der Waals surface area contributed by atoms with E-state index >= 15 is 0 Å². The third kappa shape index (κ3) is 5.16. The average Bonchev–Trinajstić information content (AvgIpc) is 3.28. The molecule has 1 N–H and O–H groups in total.